The molecule has 420 valence electrons. The number of hydrogen-bond acceptors (Lipinski definition) is 16. The Hall–Kier alpha value is -9.02. The smallest absolute Gasteiger partial charge is 0.336 e. The molecule has 1 saturated heterocycles. The fraction of sp³-hybridized carbons (Fsp3) is 0.404. The molecule has 1 aliphatic carbocycles. The number of rotatable bonds is 20. The molecule has 9 rings (SSSR count). The van der Waals surface area contributed by atoms with Crippen LogP contribution in [0.2, 0.25) is 0 Å². The topological polar surface area (TPSA) is 291 Å². The summed E-state index contributed by atoms with van der Waals surface area (Å²) >= 11 is 0. The van der Waals surface area contributed by atoms with Gasteiger partial charge in [-0.1, -0.05) is 32.0 Å². The SMILES string of the molecule is CC[C@H](C)C1NC(=O)c2cc(OC)c(OCc3cc(COc4cc5c(cc4OC)C(=O)N4c6ccccc6C[C@H]4C(C)=N5)cc(NC(=O)CNC(=O)CNC(=O)CNC(=O)C4CCC(C(=O)ON5C(=O)CCC5=O)CC4)c3)cc2N1. The number of aliphatic imine (C=N–C) groups is 1. The van der Waals surface area contributed by atoms with E-state index in [2.05, 4.69) is 31.9 Å². The quantitative estimate of drug-likeness (QED) is 0.0650. The maximum absolute atomic E-state index is 14.2. The normalized spacial score (nSPS) is 19.3. The summed E-state index contributed by atoms with van der Waals surface area (Å²) in [4.78, 5) is 127. The average molecular weight is 1100 g/mol. The summed E-state index contributed by atoms with van der Waals surface area (Å²) in [6.07, 6.45) is 2.34. The first-order chi connectivity index (χ1) is 38.5. The van der Waals surface area contributed by atoms with Gasteiger partial charge in [-0.2, -0.15) is 0 Å². The van der Waals surface area contributed by atoms with Crippen molar-refractivity contribution in [2.24, 2.45) is 22.7 Å². The lowest BCUT2D eigenvalue weighted by Gasteiger charge is -2.32. The monoisotopic (exact) mass is 1100 g/mol. The standard InChI is InChI=1S/C57H63N9O14/c1-6-30(2)53-63-40-23-46(44(76-4)21-38(40)55(73)64-53)78-28-32-17-33(29-79-47-24-41-39(22-45(47)77-5)56(74)65-42-10-8-7-9-36(42)20-43(65)31(3)61-41)19-37(18-32)62-50(69)27-59-48(67)25-58-49(68)26-60-54(72)34-11-13-35(14-12-34)57(75)80-66-51(70)15-16-52(66)71/h7-10,17-19,21-24,30,34-35,43,53,63H,6,11-16,20,25-29H2,1-5H3,(H,58,68)(H,59,67)(H,60,72)(H,62,69)(H,64,73)/t30-,34?,35?,43-,53?/m0/s1. The molecule has 23 nitrogen and oxygen atoms in total. The van der Waals surface area contributed by atoms with Crippen LogP contribution in [-0.4, -0.2) is 110 Å². The highest BCUT2D eigenvalue weighted by Crippen LogP contribution is 2.43. The van der Waals surface area contributed by atoms with Crippen molar-refractivity contribution in [2.45, 2.75) is 97.6 Å². The van der Waals surface area contributed by atoms with Gasteiger partial charge in [0.05, 0.1) is 68.3 Å². The predicted octanol–water partition coefficient (Wildman–Crippen LogP) is 4.77. The van der Waals surface area contributed by atoms with Crippen molar-refractivity contribution in [2.75, 3.05) is 49.4 Å². The van der Waals surface area contributed by atoms with E-state index in [9.17, 15) is 43.2 Å². The number of para-hydroxylation sites is 1. The van der Waals surface area contributed by atoms with E-state index < -0.39 is 72.9 Å². The van der Waals surface area contributed by atoms with Gasteiger partial charge in [-0.15, -0.1) is 5.06 Å². The van der Waals surface area contributed by atoms with Crippen LogP contribution >= 0.6 is 0 Å². The number of carbonyl (C=O) groups is 9. The number of benzene rings is 4. The van der Waals surface area contributed by atoms with Crippen LogP contribution in [-0.2, 0) is 58.0 Å². The molecule has 0 bridgehead atoms. The van der Waals surface area contributed by atoms with Gasteiger partial charge in [-0.3, -0.25) is 48.2 Å². The van der Waals surface area contributed by atoms with E-state index in [1.807, 2.05) is 51.1 Å². The first kappa shape index (κ1) is 55.7. The largest absolute Gasteiger partial charge is 0.493 e. The van der Waals surface area contributed by atoms with Gasteiger partial charge in [-0.05, 0) is 98.0 Å². The van der Waals surface area contributed by atoms with E-state index in [0.717, 1.165) is 23.4 Å². The van der Waals surface area contributed by atoms with Gasteiger partial charge in [0, 0.05) is 54.4 Å². The van der Waals surface area contributed by atoms with Crippen LogP contribution in [0.15, 0.2) is 71.7 Å². The number of ether oxygens (including phenoxy) is 4. The number of carbonyl (C=O) groups excluding carboxylic acids is 9. The number of fused-ring (bicyclic) bond motifs is 5. The number of nitrogens with zero attached hydrogens (tertiary/aromatic N) is 3. The molecule has 6 N–H and O–H groups in total. The number of amides is 8. The van der Waals surface area contributed by atoms with Crippen molar-refractivity contribution in [3.63, 3.8) is 0 Å². The summed E-state index contributed by atoms with van der Waals surface area (Å²) in [7, 11) is 2.95. The van der Waals surface area contributed by atoms with Crippen molar-refractivity contribution < 1.29 is 66.9 Å². The van der Waals surface area contributed by atoms with Crippen molar-refractivity contribution >= 4 is 81.7 Å². The summed E-state index contributed by atoms with van der Waals surface area (Å²) in [6.45, 7) is 4.50. The van der Waals surface area contributed by atoms with Gasteiger partial charge in [0.25, 0.3) is 23.6 Å². The minimum absolute atomic E-state index is 0.0183. The van der Waals surface area contributed by atoms with Gasteiger partial charge in [0.15, 0.2) is 23.0 Å². The molecule has 4 aliphatic heterocycles. The van der Waals surface area contributed by atoms with E-state index in [1.165, 1.54) is 14.2 Å². The van der Waals surface area contributed by atoms with Crippen LogP contribution in [0.25, 0.3) is 0 Å². The molecule has 4 aromatic rings. The second kappa shape index (κ2) is 24.3. The maximum Gasteiger partial charge on any atom is 0.336 e. The van der Waals surface area contributed by atoms with Crippen molar-refractivity contribution in [3.8, 4) is 23.0 Å². The molecular weight excluding hydrogens is 1030 g/mol. The molecule has 80 heavy (non-hydrogen) atoms. The first-order valence-electron chi connectivity index (χ1n) is 26.6. The lowest BCUT2D eigenvalue weighted by Crippen LogP contribution is -2.48. The summed E-state index contributed by atoms with van der Waals surface area (Å²) < 4.78 is 24.2. The van der Waals surface area contributed by atoms with E-state index in [0.29, 0.717) is 86.6 Å². The van der Waals surface area contributed by atoms with E-state index in [1.54, 1.807) is 41.3 Å². The van der Waals surface area contributed by atoms with Crippen LogP contribution in [0.5, 0.6) is 23.0 Å². The van der Waals surface area contributed by atoms with Crippen molar-refractivity contribution in [3.05, 3.63) is 94.5 Å². The average Bonchev–Trinajstić information content (AvgIpc) is 3.99. The highest BCUT2D eigenvalue weighted by atomic mass is 16.7. The Kier molecular flexibility index (Phi) is 16.9. The summed E-state index contributed by atoms with van der Waals surface area (Å²) in [5.74, 6) is -4.32. The Bertz CT molecular complexity index is 3170. The second-order valence-corrected chi connectivity index (χ2v) is 20.3. The lowest BCUT2D eigenvalue weighted by molar-refractivity contribution is -0.201. The van der Waals surface area contributed by atoms with Gasteiger partial charge in [0.2, 0.25) is 23.6 Å². The molecule has 0 aromatic heterocycles. The molecular formula is C57H63N9O14. The van der Waals surface area contributed by atoms with Crippen LogP contribution in [0, 0.1) is 17.8 Å². The molecule has 5 aliphatic rings. The number of hydrogen-bond donors (Lipinski definition) is 6. The van der Waals surface area contributed by atoms with Gasteiger partial charge in [0.1, 0.15) is 19.4 Å². The molecule has 4 heterocycles. The zero-order valence-corrected chi connectivity index (χ0v) is 45.0. The lowest BCUT2D eigenvalue weighted by atomic mass is 9.81. The minimum Gasteiger partial charge on any atom is -0.493 e. The first-order valence-corrected chi connectivity index (χ1v) is 26.6. The van der Waals surface area contributed by atoms with E-state index >= 15 is 0 Å². The molecule has 3 atom stereocenters. The Morgan fingerprint density at radius 1 is 0.713 bits per heavy atom. The molecule has 1 saturated carbocycles. The highest BCUT2D eigenvalue weighted by molar-refractivity contribution is 6.17. The Morgan fingerprint density at radius 2 is 1.31 bits per heavy atom. The van der Waals surface area contributed by atoms with Crippen LogP contribution < -0.4 is 55.7 Å². The van der Waals surface area contributed by atoms with Crippen LogP contribution in [0.3, 0.4) is 0 Å². The van der Waals surface area contributed by atoms with E-state index in [-0.39, 0.29) is 68.8 Å². The number of hydroxylamine groups is 2. The van der Waals surface area contributed by atoms with Crippen LogP contribution in [0.1, 0.15) is 103 Å². The van der Waals surface area contributed by atoms with Crippen molar-refractivity contribution in [1.29, 1.82) is 0 Å². The predicted molar refractivity (Wildman–Crippen MR) is 289 cm³/mol. The van der Waals surface area contributed by atoms with Crippen molar-refractivity contribution in [1.82, 2.24) is 26.3 Å². The fourth-order valence-corrected chi connectivity index (χ4v) is 10.3. The minimum atomic E-state index is -0.705. The number of methoxy groups -OCH3 is 2. The Balaban J connectivity index is 0.828. The summed E-state index contributed by atoms with van der Waals surface area (Å²) in [5.41, 5.74) is 5.91. The summed E-state index contributed by atoms with van der Waals surface area (Å²) in [5, 5.41) is 17.1. The third kappa shape index (κ3) is 12.5. The highest BCUT2D eigenvalue weighted by Gasteiger charge is 2.40. The fourth-order valence-electron chi connectivity index (χ4n) is 10.3. The maximum atomic E-state index is 14.2. The molecule has 0 spiro atoms. The van der Waals surface area contributed by atoms with Gasteiger partial charge < -0.3 is 55.7 Å². The number of imide groups is 1. The zero-order chi connectivity index (χ0) is 56.8. The third-order valence-corrected chi connectivity index (χ3v) is 14.9. The molecule has 4 aromatic carbocycles. The molecule has 0 radical (unpaired) electrons. The van der Waals surface area contributed by atoms with E-state index in [4.69, 9.17) is 28.8 Å². The number of nitrogens with one attached hydrogen (secondary N) is 6. The van der Waals surface area contributed by atoms with Gasteiger partial charge in [-0.25, -0.2) is 4.79 Å². The van der Waals surface area contributed by atoms with Gasteiger partial charge >= 0.3 is 5.97 Å². The summed E-state index contributed by atoms with van der Waals surface area (Å²) in [6, 6.07) is 19.4. The molecule has 1 unspecified atom stereocenters. The molecule has 8 amide bonds. The Morgan fingerprint density at radius 3 is 1.96 bits per heavy atom. The third-order valence-electron chi connectivity index (χ3n) is 14.9. The second-order valence-electron chi connectivity index (χ2n) is 20.3. The number of anilines is 3. The zero-order valence-electron chi connectivity index (χ0n) is 45.0. The Labute approximate surface area is 460 Å². The van der Waals surface area contributed by atoms with Crippen LogP contribution in [0.4, 0.5) is 22.7 Å². The molecule has 23 heteroatoms. The molecule has 2 fully saturated rings.